The van der Waals surface area contributed by atoms with Crippen LogP contribution >= 0.6 is 0 Å². The van der Waals surface area contributed by atoms with Crippen LogP contribution in [0.5, 0.6) is 0 Å². The van der Waals surface area contributed by atoms with E-state index in [1.54, 1.807) is 0 Å². The molecule has 1 amide bonds. The number of fused-ring (bicyclic) bond motifs is 3. The Morgan fingerprint density at radius 3 is 2.53 bits per heavy atom. The zero-order valence-corrected chi connectivity index (χ0v) is 24.4. The van der Waals surface area contributed by atoms with Crippen LogP contribution in [0, 0.1) is 0 Å². The second-order valence-electron chi connectivity index (χ2n) is 11.3. The van der Waals surface area contributed by atoms with Gasteiger partial charge in [-0.2, -0.15) is 0 Å². The number of nitrogens with zero attached hydrogens (tertiary/aromatic N) is 5. The third-order valence-electron chi connectivity index (χ3n) is 7.36. The van der Waals surface area contributed by atoms with Crippen LogP contribution in [0.25, 0.3) is 16.6 Å². The molecule has 0 saturated carbocycles. The fourth-order valence-electron chi connectivity index (χ4n) is 5.61. The number of para-hydroxylation sites is 1. The Morgan fingerprint density at radius 2 is 1.79 bits per heavy atom. The number of ether oxygens (including phenoxy) is 1. The van der Waals surface area contributed by atoms with Gasteiger partial charge in [0.2, 0.25) is 0 Å². The summed E-state index contributed by atoms with van der Waals surface area (Å²) in [6.45, 7) is 9.49. The van der Waals surface area contributed by atoms with Crippen LogP contribution in [-0.2, 0) is 4.74 Å². The van der Waals surface area contributed by atoms with Crippen molar-refractivity contribution < 1.29 is 9.53 Å². The first-order chi connectivity index (χ1) is 18.3. The van der Waals surface area contributed by atoms with E-state index in [0.717, 1.165) is 35.4 Å². The summed E-state index contributed by atoms with van der Waals surface area (Å²) in [4.78, 5) is 21.8. The summed E-state index contributed by atoms with van der Waals surface area (Å²) in [6, 6.07) is 23.8. The van der Waals surface area contributed by atoms with Gasteiger partial charge >= 0.3 is 205 Å². The molecule has 4 aromatic rings. The predicted molar refractivity (Wildman–Crippen MR) is 153 cm³/mol. The normalized spacial score (nSPS) is 20.1. The van der Waals surface area contributed by atoms with Gasteiger partial charge in [0.25, 0.3) is 0 Å². The van der Waals surface area contributed by atoms with E-state index >= 15 is 0 Å². The molecule has 7 nitrogen and oxygen atoms in total. The molecule has 2 fully saturated rings. The Labute approximate surface area is 230 Å². The van der Waals surface area contributed by atoms with Gasteiger partial charge in [0.05, 0.1) is 0 Å². The average Bonchev–Trinajstić information content (AvgIpc) is 3.61. The first-order valence-electron chi connectivity index (χ1n) is 13.3. The predicted octanol–water partition coefficient (Wildman–Crippen LogP) is 4.44. The van der Waals surface area contributed by atoms with E-state index in [0.29, 0.717) is 11.3 Å². The minimum atomic E-state index is -0.488. The topological polar surface area (TPSA) is 63.5 Å². The van der Waals surface area contributed by atoms with Crippen LogP contribution < -0.4 is 9.38 Å². The van der Waals surface area contributed by atoms with Crippen LogP contribution in [-0.4, -0.2) is 72.3 Å². The summed E-state index contributed by atoms with van der Waals surface area (Å²) < 4.78 is 9.39. The summed E-state index contributed by atoms with van der Waals surface area (Å²) in [5.41, 5.74) is 3.01. The van der Waals surface area contributed by atoms with Gasteiger partial charge in [-0.1, -0.05) is 0 Å². The van der Waals surface area contributed by atoms with Gasteiger partial charge < -0.3 is 0 Å². The van der Waals surface area contributed by atoms with E-state index in [4.69, 9.17) is 14.8 Å². The second-order valence-corrected chi connectivity index (χ2v) is 14.8. The van der Waals surface area contributed by atoms with Crippen molar-refractivity contribution in [3.05, 3.63) is 78.5 Å². The number of amides is 1. The molecule has 4 heterocycles. The molecule has 8 heteroatoms. The van der Waals surface area contributed by atoms with Gasteiger partial charge in [-0.05, 0) is 20.8 Å². The number of rotatable bonds is 5. The first-order valence-corrected chi connectivity index (χ1v) is 15.5. The molecular formula is C30H34AsN5O2. The molecule has 2 aliphatic heterocycles. The number of hydrogen-bond acceptors (Lipinski definition) is 5. The number of carbonyl (C=O) groups excluding carboxylic acids is 1. The molecule has 2 aliphatic rings. The first kappa shape index (κ1) is 25.0. The van der Waals surface area contributed by atoms with Crippen molar-refractivity contribution in [1.82, 2.24) is 19.7 Å². The monoisotopic (exact) mass is 571 g/mol. The van der Waals surface area contributed by atoms with Gasteiger partial charge in [-0.25, -0.2) is 0 Å². The Balaban J connectivity index is 1.27. The van der Waals surface area contributed by atoms with E-state index in [-0.39, 0.29) is 18.2 Å². The molecule has 2 saturated heterocycles. The molecular weight excluding hydrogens is 537 g/mol. The van der Waals surface area contributed by atoms with Gasteiger partial charge in [0, 0.05) is 0 Å². The summed E-state index contributed by atoms with van der Waals surface area (Å²) >= 11 is -0.468. The zero-order chi connectivity index (χ0) is 26.4. The number of likely N-dealkylation sites (tertiary alicyclic amines) is 1. The quantitative estimate of drug-likeness (QED) is 0.332. The Morgan fingerprint density at radius 1 is 1.03 bits per heavy atom. The summed E-state index contributed by atoms with van der Waals surface area (Å²) in [5, 5.41) is 6.30. The number of carbonyl (C=O) groups is 1. The van der Waals surface area contributed by atoms with E-state index in [1.807, 2.05) is 37.9 Å². The second kappa shape index (κ2) is 9.77. The Hall–Kier alpha value is -3.31. The number of piperazine rings is 1. The molecule has 0 spiro atoms. The third-order valence-corrected chi connectivity index (χ3v) is 10.2. The Bertz CT molecular complexity index is 1460. The number of hydrogen-bond donors (Lipinski definition) is 0. The summed E-state index contributed by atoms with van der Waals surface area (Å²) in [5.74, 6) is 0.990. The Kier molecular flexibility index (Phi) is 6.43. The van der Waals surface area contributed by atoms with Gasteiger partial charge in [0.15, 0.2) is 0 Å². The van der Waals surface area contributed by atoms with E-state index in [1.165, 1.54) is 10.0 Å². The van der Waals surface area contributed by atoms with Crippen LogP contribution in [0.4, 0.5) is 10.6 Å². The van der Waals surface area contributed by atoms with Crippen molar-refractivity contribution in [2.75, 3.05) is 18.0 Å². The molecule has 2 bridgehead atoms. The average molecular weight is 572 g/mol. The number of benzene rings is 2. The standard InChI is InChI=1S/C30H34AsN5O2/c1-20(21-10-6-5-7-11-21)31-27-17-22(14-15-32-27)36-26-13-9-8-12-25(26)28(33-36)34-18-24-16-23(34)19-35(24)29(37)38-30(2,3)4/h5-15,17,20,23-24,31H,16,18-19H2,1-4H3. The number of anilines is 1. The molecule has 2 aromatic heterocycles. The molecule has 2 aromatic carbocycles. The maximum atomic E-state index is 12.8. The van der Waals surface area contributed by atoms with Gasteiger partial charge in [0.1, 0.15) is 5.60 Å². The molecule has 6 rings (SSSR count). The minimum absolute atomic E-state index is 0.149. The van der Waals surface area contributed by atoms with Crippen molar-refractivity contribution in [3.8, 4) is 5.69 Å². The van der Waals surface area contributed by atoms with Crippen molar-refractivity contribution in [2.45, 2.75) is 56.5 Å². The summed E-state index contributed by atoms with van der Waals surface area (Å²) in [7, 11) is 0. The van der Waals surface area contributed by atoms with E-state index in [2.05, 4.69) is 77.2 Å². The molecule has 0 aliphatic carbocycles. The van der Waals surface area contributed by atoms with Crippen molar-refractivity contribution in [3.63, 3.8) is 0 Å². The fourth-order valence-corrected chi connectivity index (χ4v) is 8.09. The number of pyridine rings is 1. The van der Waals surface area contributed by atoms with Crippen molar-refractivity contribution in [1.29, 1.82) is 0 Å². The fraction of sp³-hybridized carbons (Fsp3) is 0.367. The SMILES string of the molecule is CC([AsH]c1cc(-n2nc(N3CC4CC3CN4C(=O)OC(C)(C)C)c3ccccc32)ccn1)c1ccccc1. The van der Waals surface area contributed by atoms with E-state index in [9.17, 15) is 4.79 Å². The molecule has 0 N–H and O–H groups in total. The van der Waals surface area contributed by atoms with Crippen molar-refractivity contribution >= 4 is 43.0 Å². The third kappa shape index (κ3) is 4.80. The zero-order valence-electron chi connectivity index (χ0n) is 22.3. The molecule has 196 valence electrons. The molecule has 0 radical (unpaired) electrons. The van der Waals surface area contributed by atoms with Crippen LogP contribution in [0.15, 0.2) is 72.9 Å². The number of aromatic nitrogens is 3. The van der Waals surface area contributed by atoms with Gasteiger partial charge in [-0.15, -0.1) is 0 Å². The van der Waals surface area contributed by atoms with Crippen LogP contribution in [0.3, 0.4) is 0 Å². The van der Waals surface area contributed by atoms with Gasteiger partial charge in [-0.3, -0.25) is 0 Å². The summed E-state index contributed by atoms with van der Waals surface area (Å²) in [6.07, 6.45) is 2.65. The molecule has 4 atom stereocenters. The van der Waals surface area contributed by atoms with Crippen LogP contribution in [0.1, 0.15) is 44.4 Å². The van der Waals surface area contributed by atoms with E-state index < -0.39 is 21.4 Å². The molecule has 4 unspecified atom stereocenters. The maximum absolute atomic E-state index is 12.8. The molecule has 38 heavy (non-hydrogen) atoms. The van der Waals surface area contributed by atoms with Crippen LogP contribution in [0.2, 0.25) is 0 Å². The van der Waals surface area contributed by atoms with Crippen molar-refractivity contribution in [2.24, 2.45) is 0 Å².